The fourth-order valence-electron chi connectivity index (χ4n) is 1.28. The Labute approximate surface area is 73.6 Å². The third kappa shape index (κ3) is 2.06. The molecule has 0 amide bonds. The summed E-state index contributed by atoms with van der Waals surface area (Å²) in [6.45, 7) is 4.63. The predicted octanol–water partition coefficient (Wildman–Crippen LogP) is 1.47. The van der Waals surface area contributed by atoms with Gasteiger partial charge in [0.05, 0.1) is 0 Å². The average molecular weight is 164 g/mol. The molecule has 0 aromatic heterocycles. The molecule has 0 heterocycles. The van der Waals surface area contributed by atoms with Gasteiger partial charge in [0.2, 0.25) is 0 Å². The standard InChI is InChI=1S/C10H16N2/c1-7-3-9(6-11)5-10(4-7)8(2)12/h3-5,8H,6,11-12H2,1-2H3. The zero-order valence-electron chi connectivity index (χ0n) is 7.67. The van der Waals surface area contributed by atoms with Gasteiger partial charge in [0.15, 0.2) is 0 Å². The maximum Gasteiger partial charge on any atom is 0.0266 e. The van der Waals surface area contributed by atoms with Gasteiger partial charge in [-0.15, -0.1) is 0 Å². The first-order valence-electron chi connectivity index (χ1n) is 4.19. The summed E-state index contributed by atoms with van der Waals surface area (Å²) in [4.78, 5) is 0. The van der Waals surface area contributed by atoms with E-state index in [2.05, 4.69) is 25.1 Å². The fourth-order valence-corrected chi connectivity index (χ4v) is 1.28. The van der Waals surface area contributed by atoms with Crippen molar-refractivity contribution in [2.45, 2.75) is 26.4 Å². The molecule has 12 heavy (non-hydrogen) atoms. The SMILES string of the molecule is Cc1cc(CN)cc(C(C)N)c1. The van der Waals surface area contributed by atoms with Crippen LogP contribution in [0.25, 0.3) is 0 Å². The first-order valence-corrected chi connectivity index (χ1v) is 4.19. The molecule has 1 rings (SSSR count). The van der Waals surface area contributed by atoms with Crippen LogP contribution in [-0.4, -0.2) is 0 Å². The lowest BCUT2D eigenvalue weighted by Crippen LogP contribution is -2.07. The Hall–Kier alpha value is -0.860. The van der Waals surface area contributed by atoms with Crippen LogP contribution in [0.2, 0.25) is 0 Å². The summed E-state index contributed by atoms with van der Waals surface area (Å²) in [5.74, 6) is 0. The molecular formula is C10H16N2. The molecule has 2 nitrogen and oxygen atoms in total. The summed E-state index contributed by atoms with van der Waals surface area (Å²) in [6, 6.07) is 6.35. The Balaban J connectivity index is 3.06. The van der Waals surface area contributed by atoms with Crippen molar-refractivity contribution in [2.24, 2.45) is 11.5 Å². The average Bonchev–Trinajstić information content (AvgIpc) is 2.03. The number of nitrogens with two attached hydrogens (primary N) is 2. The van der Waals surface area contributed by atoms with Crippen LogP contribution in [0, 0.1) is 6.92 Å². The highest BCUT2D eigenvalue weighted by Crippen LogP contribution is 2.14. The minimum atomic E-state index is 0.0928. The van der Waals surface area contributed by atoms with E-state index in [9.17, 15) is 0 Å². The van der Waals surface area contributed by atoms with Crippen LogP contribution in [0.5, 0.6) is 0 Å². The van der Waals surface area contributed by atoms with Gasteiger partial charge in [0, 0.05) is 12.6 Å². The molecule has 1 aromatic carbocycles. The molecule has 66 valence electrons. The third-order valence-electron chi connectivity index (χ3n) is 1.92. The van der Waals surface area contributed by atoms with E-state index in [1.54, 1.807) is 0 Å². The second-order valence-electron chi connectivity index (χ2n) is 3.24. The van der Waals surface area contributed by atoms with Gasteiger partial charge in [-0.05, 0) is 25.0 Å². The van der Waals surface area contributed by atoms with Crippen molar-refractivity contribution < 1.29 is 0 Å². The van der Waals surface area contributed by atoms with Crippen molar-refractivity contribution >= 4 is 0 Å². The lowest BCUT2D eigenvalue weighted by Gasteiger charge is -2.08. The number of hydrogen-bond donors (Lipinski definition) is 2. The van der Waals surface area contributed by atoms with Crippen LogP contribution in [-0.2, 0) is 6.54 Å². The second kappa shape index (κ2) is 3.70. The summed E-state index contributed by atoms with van der Waals surface area (Å²) in [5, 5.41) is 0. The Morgan fingerprint density at radius 2 is 2.00 bits per heavy atom. The lowest BCUT2D eigenvalue weighted by molar-refractivity contribution is 0.813. The third-order valence-corrected chi connectivity index (χ3v) is 1.92. The van der Waals surface area contributed by atoms with E-state index < -0.39 is 0 Å². The molecule has 0 bridgehead atoms. The molecule has 0 spiro atoms. The normalized spacial score (nSPS) is 13.0. The number of rotatable bonds is 2. The fraction of sp³-hybridized carbons (Fsp3) is 0.400. The highest BCUT2D eigenvalue weighted by molar-refractivity contribution is 5.30. The molecule has 4 N–H and O–H groups in total. The van der Waals surface area contributed by atoms with E-state index >= 15 is 0 Å². The molecule has 0 radical (unpaired) electrons. The lowest BCUT2D eigenvalue weighted by atomic mass is 10.0. The van der Waals surface area contributed by atoms with Crippen LogP contribution in [0.15, 0.2) is 18.2 Å². The van der Waals surface area contributed by atoms with Gasteiger partial charge >= 0.3 is 0 Å². The van der Waals surface area contributed by atoms with Crippen molar-refractivity contribution in [2.75, 3.05) is 0 Å². The Bertz CT molecular complexity index is 267. The maximum absolute atomic E-state index is 5.77. The molecule has 0 fully saturated rings. The van der Waals surface area contributed by atoms with Gasteiger partial charge in [0.25, 0.3) is 0 Å². The second-order valence-corrected chi connectivity index (χ2v) is 3.24. The summed E-state index contributed by atoms with van der Waals surface area (Å²) in [5.41, 5.74) is 14.9. The largest absolute Gasteiger partial charge is 0.326 e. The van der Waals surface area contributed by atoms with E-state index in [1.165, 1.54) is 5.56 Å². The predicted molar refractivity (Wildman–Crippen MR) is 51.7 cm³/mol. The summed E-state index contributed by atoms with van der Waals surface area (Å²) >= 11 is 0. The molecule has 0 saturated heterocycles. The minimum absolute atomic E-state index is 0.0928. The van der Waals surface area contributed by atoms with E-state index in [0.717, 1.165) is 11.1 Å². The molecule has 1 aromatic rings. The van der Waals surface area contributed by atoms with Crippen molar-refractivity contribution in [3.8, 4) is 0 Å². The molecular weight excluding hydrogens is 148 g/mol. The van der Waals surface area contributed by atoms with Gasteiger partial charge < -0.3 is 11.5 Å². The highest BCUT2D eigenvalue weighted by Gasteiger charge is 2.01. The monoisotopic (exact) mass is 164 g/mol. The molecule has 0 saturated carbocycles. The zero-order valence-corrected chi connectivity index (χ0v) is 7.67. The molecule has 2 heteroatoms. The topological polar surface area (TPSA) is 52.0 Å². The van der Waals surface area contributed by atoms with Crippen LogP contribution in [0.3, 0.4) is 0 Å². The van der Waals surface area contributed by atoms with Crippen LogP contribution in [0.1, 0.15) is 29.7 Å². The first kappa shape index (κ1) is 9.23. The zero-order chi connectivity index (χ0) is 9.14. The van der Waals surface area contributed by atoms with Crippen molar-refractivity contribution in [1.82, 2.24) is 0 Å². The van der Waals surface area contributed by atoms with Crippen LogP contribution in [0.4, 0.5) is 0 Å². The van der Waals surface area contributed by atoms with E-state index in [1.807, 2.05) is 6.92 Å². The Kier molecular flexibility index (Phi) is 2.84. The molecule has 0 aliphatic carbocycles. The summed E-state index contributed by atoms with van der Waals surface area (Å²) in [6.07, 6.45) is 0. The molecule has 1 unspecified atom stereocenters. The minimum Gasteiger partial charge on any atom is -0.326 e. The van der Waals surface area contributed by atoms with Crippen LogP contribution < -0.4 is 11.5 Å². The van der Waals surface area contributed by atoms with Crippen molar-refractivity contribution in [3.05, 3.63) is 34.9 Å². The number of benzene rings is 1. The van der Waals surface area contributed by atoms with E-state index in [4.69, 9.17) is 11.5 Å². The van der Waals surface area contributed by atoms with Gasteiger partial charge in [-0.1, -0.05) is 23.8 Å². The highest BCUT2D eigenvalue weighted by atomic mass is 14.6. The number of aryl methyl sites for hydroxylation is 1. The van der Waals surface area contributed by atoms with E-state index in [0.29, 0.717) is 6.54 Å². The quantitative estimate of drug-likeness (QED) is 0.695. The molecule has 1 atom stereocenters. The van der Waals surface area contributed by atoms with E-state index in [-0.39, 0.29) is 6.04 Å². The number of hydrogen-bond acceptors (Lipinski definition) is 2. The Morgan fingerprint density at radius 1 is 1.33 bits per heavy atom. The molecule has 0 aliphatic heterocycles. The Morgan fingerprint density at radius 3 is 2.50 bits per heavy atom. The van der Waals surface area contributed by atoms with Crippen molar-refractivity contribution in [3.63, 3.8) is 0 Å². The van der Waals surface area contributed by atoms with Crippen LogP contribution >= 0.6 is 0 Å². The van der Waals surface area contributed by atoms with Gasteiger partial charge in [-0.2, -0.15) is 0 Å². The first-order chi connectivity index (χ1) is 5.63. The van der Waals surface area contributed by atoms with Gasteiger partial charge in [-0.25, -0.2) is 0 Å². The summed E-state index contributed by atoms with van der Waals surface area (Å²) < 4.78 is 0. The summed E-state index contributed by atoms with van der Waals surface area (Å²) in [7, 11) is 0. The maximum atomic E-state index is 5.77. The van der Waals surface area contributed by atoms with Gasteiger partial charge in [-0.3, -0.25) is 0 Å². The molecule has 0 aliphatic rings. The van der Waals surface area contributed by atoms with Crippen molar-refractivity contribution in [1.29, 1.82) is 0 Å². The van der Waals surface area contributed by atoms with Gasteiger partial charge in [0.1, 0.15) is 0 Å². The smallest absolute Gasteiger partial charge is 0.0266 e.